The van der Waals surface area contributed by atoms with Crippen molar-refractivity contribution in [2.24, 2.45) is 0 Å². The molecule has 23 heavy (non-hydrogen) atoms. The zero-order valence-corrected chi connectivity index (χ0v) is 20.8. The molecule has 2 atom stereocenters. The van der Waals surface area contributed by atoms with Crippen LogP contribution >= 0.6 is 22.2 Å². The average Bonchev–Trinajstić information content (AvgIpc) is 2.37. The van der Waals surface area contributed by atoms with Gasteiger partial charge in [0.25, 0.3) is 0 Å². The Morgan fingerprint density at radius 3 is 1.17 bits per heavy atom. The minimum Gasteiger partial charge on any atom is -0.334 e. The van der Waals surface area contributed by atoms with Crippen molar-refractivity contribution < 1.29 is 0 Å². The van der Waals surface area contributed by atoms with Gasteiger partial charge in [-0.05, 0) is 34.0 Å². The van der Waals surface area contributed by atoms with Crippen molar-refractivity contribution in [1.29, 1.82) is 0 Å². The van der Waals surface area contributed by atoms with Crippen molar-refractivity contribution in [1.82, 2.24) is 4.65 Å². The Kier molecular flexibility index (Phi) is 8.93. The molecule has 140 valence electrons. The molecule has 5 heteroatoms. The van der Waals surface area contributed by atoms with Gasteiger partial charge in [-0.2, -0.15) is 0 Å². The van der Waals surface area contributed by atoms with E-state index in [1.807, 2.05) is 0 Å². The van der Waals surface area contributed by atoms with E-state index in [-0.39, 0.29) is 10.1 Å². The van der Waals surface area contributed by atoms with Crippen molar-refractivity contribution >= 4 is 37.2 Å². The molecule has 2 unspecified atom stereocenters. The van der Waals surface area contributed by atoms with Gasteiger partial charge in [-0.3, -0.25) is 0 Å². The second-order valence-electron chi connectivity index (χ2n) is 9.13. The van der Waals surface area contributed by atoms with E-state index >= 15 is 0 Å². The molecule has 0 aliphatic carbocycles. The molecule has 0 bridgehead atoms. The van der Waals surface area contributed by atoms with Gasteiger partial charge >= 0.3 is 0 Å². The monoisotopic (exact) mass is 397 g/mol. The van der Waals surface area contributed by atoms with Gasteiger partial charge in [-0.1, -0.05) is 82.1 Å². The maximum atomic E-state index is 7.46. The summed E-state index contributed by atoms with van der Waals surface area (Å²) in [6, 6.07) is 0. The largest absolute Gasteiger partial charge is 0.334 e. The average molecular weight is 399 g/mol. The molecule has 0 spiro atoms. The van der Waals surface area contributed by atoms with Crippen LogP contribution in [0.1, 0.15) is 94.9 Å². The molecule has 0 heterocycles. The zero-order chi connectivity index (χ0) is 18.7. The highest BCUT2D eigenvalue weighted by Gasteiger charge is 2.58. The highest BCUT2D eigenvalue weighted by Crippen LogP contribution is 2.54. The lowest BCUT2D eigenvalue weighted by Gasteiger charge is -2.53. The summed E-state index contributed by atoms with van der Waals surface area (Å²) >= 11 is 14.9. The molecule has 0 amide bonds. The summed E-state index contributed by atoms with van der Waals surface area (Å²) in [7, 11) is -4.52. The summed E-state index contributed by atoms with van der Waals surface area (Å²) < 4.78 is 4.06. The van der Waals surface area contributed by atoms with Crippen LogP contribution in [0.4, 0.5) is 0 Å². The third kappa shape index (κ3) is 5.00. The van der Waals surface area contributed by atoms with Crippen molar-refractivity contribution in [3.05, 3.63) is 0 Å². The van der Waals surface area contributed by atoms with Crippen LogP contribution < -0.4 is 4.65 Å². The van der Waals surface area contributed by atoms with Gasteiger partial charge in [0.1, 0.15) is 0 Å². The summed E-state index contributed by atoms with van der Waals surface area (Å²) in [6.45, 7) is 23.0. The van der Waals surface area contributed by atoms with E-state index in [1.54, 1.807) is 0 Å². The number of halogens is 2. The van der Waals surface area contributed by atoms with E-state index in [0.717, 1.165) is 12.8 Å². The van der Waals surface area contributed by atoms with Crippen LogP contribution in [0.3, 0.4) is 0 Å². The Balaban J connectivity index is 5.94. The molecular weight excluding hydrogens is 357 g/mol. The Morgan fingerprint density at radius 2 is 1.00 bits per heavy atom. The van der Waals surface area contributed by atoms with Gasteiger partial charge in [0.2, 0.25) is 15.1 Å². The molecule has 1 N–H and O–H groups in total. The second-order valence-corrected chi connectivity index (χ2v) is 21.6. The minimum absolute atomic E-state index is 0.127. The van der Waals surface area contributed by atoms with E-state index in [0.29, 0.717) is 11.1 Å². The first-order valence-electron chi connectivity index (χ1n) is 9.39. The molecule has 0 aromatic rings. The maximum Gasteiger partial charge on any atom is 0.229 e. The van der Waals surface area contributed by atoms with Crippen molar-refractivity contribution in [2.45, 2.75) is 116 Å². The van der Waals surface area contributed by atoms with Crippen LogP contribution in [0.15, 0.2) is 0 Å². The predicted molar refractivity (Wildman–Crippen MR) is 114 cm³/mol. The molecule has 0 aliphatic heterocycles. The van der Waals surface area contributed by atoms with Crippen LogP contribution in [0, 0.1) is 0 Å². The van der Waals surface area contributed by atoms with Crippen LogP contribution in [0.2, 0.25) is 21.2 Å². The Labute approximate surface area is 157 Å². The van der Waals surface area contributed by atoms with E-state index in [9.17, 15) is 0 Å². The Bertz CT molecular complexity index is 338. The molecule has 0 aromatic carbocycles. The quantitative estimate of drug-likeness (QED) is 0.291. The molecule has 0 radical (unpaired) electrons. The van der Waals surface area contributed by atoms with Crippen LogP contribution in [-0.4, -0.2) is 15.1 Å². The third-order valence-corrected chi connectivity index (χ3v) is 23.6. The highest BCUT2D eigenvalue weighted by molar-refractivity contribution is 7.32. The van der Waals surface area contributed by atoms with Crippen molar-refractivity contribution in [3.63, 3.8) is 0 Å². The number of hydrogen-bond donors (Lipinski definition) is 1. The molecule has 1 nitrogen and oxygen atoms in total. The van der Waals surface area contributed by atoms with Crippen LogP contribution in [0.5, 0.6) is 0 Å². The van der Waals surface area contributed by atoms with Gasteiger partial charge in [-0.15, -0.1) is 22.2 Å². The first-order valence-corrected chi connectivity index (χ1v) is 15.6. The SMILES string of the molecule is CCCC(C)(C)[Si](Cl)(N[Si](Cl)(C(C)C)C(C)(C)CCC)C(C)C. The lowest BCUT2D eigenvalue weighted by molar-refractivity contribution is 0.544. The first-order chi connectivity index (χ1) is 10.2. The van der Waals surface area contributed by atoms with Gasteiger partial charge in [-0.25, -0.2) is 0 Å². The summed E-state index contributed by atoms with van der Waals surface area (Å²) in [6.07, 6.45) is 4.64. The summed E-state index contributed by atoms with van der Waals surface area (Å²) in [4.78, 5) is 0. The van der Waals surface area contributed by atoms with E-state index in [1.165, 1.54) is 12.8 Å². The summed E-state index contributed by atoms with van der Waals surface area (Å²) in [5, 5.41) is 0.254. The highest BCUT2D eigenvalue weighted by atomic mass is 35.6. The molecular formula is C18H41Cl2NSi2. The smallest absolute Gasteiger partial charge is 0.229 e. The Morgan fingerprint density at radius 1 is 0.739 bits per heavy atom. The van der Waals surface area contributed by atoms with Gasteiger partial charge in [0.15, 0.2) is 0 Å². The van der Waals surface area contributed by atoms with Gasteiger partial charge < -0.3 is 4.65 Å². The zero-order valence-electron chi connectivity index (χ0n) is 17.2. The van der Waals surface area contributed by atoms with Gasteiger partial charge in [0, 0.05) is 0 Å². The molecule has 0 aromatic heterocycles. The predicted octanol–water partition coefficient (Wildman–Crippen LogP) is 7.92. The number of rotatable bonds is 10. The van der Waals surface area contributed by atoms with Gasteiger partial charge in [0.05, 0.1) is 0 Å². The normalized spacial score (nSPS) is 19.0. The minimum atomic E-state index is -2.26. The maximum absolute atomic E-state index is 7.46. The molecule has 0 fully saturated rings. The molecule has 0 aliphatic rings. The van der Waals surface area contributed by atoms with Crippen molar-refractivity contribution in [3.8, 4) is 0 Å². The fourth-order valence-electron chi connectivity index (χ4n) is 4.07. The first kappa shape index (κ1) is 24.0. The fraction of sp³-hybridized carbons (Fsp3) is 1.00. The molecule has 0 rings (SSSR count). The second kappa shape index (κ2) is 8.57. The van der Waals surface area contributed by atoms with E-state index < -0.39 is 15.1 Å². The summed E-state index contributed by atoms with van der Waals surface area (Å²) in [5.41, 5.74) is 0.903. The van der Waals surface area contributed by atoms with E-state index in [4.69, 9.17) is 22.2 Å². The van der Waals surface area contributed by atoms with Crippen LogP contribution in [-0.2, 0) is 0 Å². The standard InChI is InChI=1S/C18H41Cl2NSi2/c1-11-13-17(7,8)22(19,15(3)4)21-23(20,16(5)6)18(9,10)14-12-2/h15-16,21H,11-14H2,1-10H3. The van der Waals surface area contributed by atoms with Crippen LogP contribution in [0.25, 0.3) is 0 Å². The molecule has 0 saturated carbocycles. The Hall–Kier alpha value is 0.974. The lowest BCUT2D eigenvalue weighted by Crippen LogP contribution is -2.69. The number of nitrogens with one attached hydrogen (secondary N) is 1. The summed E-state index contributed by atoms with van der Waals surface area (Å²) in [5.74, 6) is 0. The lowest BCUT2D eigenvalue weighted by atomic mass is 10.1. The fourth-order valence-corrected chi connectivity index (χ4v) is 19.2. The third-order valence-electron chi connectivity index (χ3n) is 5.67. The van der Waals surface area contributed by atoms with E-state index in [2.05, 4.69) is 73.9 Å². The topological polar surface area (TPSA) is 12.0 Å². The number of hydrogen-bond acceptors (Lipinski definition) is 1. The molecule has 0 saturated heterocycles. The van der Waals surface area contributed by atoms with Crippen molar-refractivity contribution in [2.75, 3.05) is 0 Å².